The van der Waals surface area contributed by atoms with Crippen LogP contribution in [0.1, 0.15) is 12.1 Å². The van der Waals surface area contributed by atoms with E-state index in [0.717, 1.165) is 12.1 Å². The highest BCUT2D eigenvalue weighted by Gasteiger charge is 2.11. The topological polar surface area (TPSA) is 93.0 Å². The molecule has 1 heterocycles. The van der Waals surface area contributed by atoms with Crippen LogP contribution >= 0.6 is 0 Å². The van der Waals surface area contributed by atoms with E-state index in [9.17, 15) is 4.79 Å². The van der Waals surface area contributed by atoms with Crippen molar-refractivity contribution in [3.63, 3.8) is 0 Å². The Morgan fingerprint density at radius 1 is 1.75 bits per heavy atom. The highest BCUT2D eigenvalue weighted by atomic mass is 16.5. The van der Waals surface area contributed by atoms with Gasteiger partial charge in [0.25, 0.3) is 0 Å². The van der Waals surface area contributed by atoms with Crippen LogP contribution in [0.3, 0.4) is 0 Å². The SMILES string of the molecule is COCCC(N)C(=O)NCCc1cnc[nH]1. The summed E-state index contributed by atoms with van der Waals surface area (Å²) >= 11 is 0. The molecule has 0 spiro atoms. The number of H-pyrrole nitrogens is 1. The number of methoxy groups -OCH3 is 1. The Morgan fingerprint density at radius 3 is 3.19 bits per heavy atom. The van der Waals surface area contributed by atoms with Gasteiger partial charge in [-0.15, -0.1) is 0 Å². The van der Waals surface area contributed by atoms with E-state index in [4.69, 9.17) is 10.5 Å². The standard InChI is InChI=1S/C10H18N4O2/c1-16-5-3-9(11)10(15)13-4-2-8-6-12-7-14-8/h6-7,9H,2-5,11H2,1H3,(H,12,14)(H,13,15). The number of imidazole rings is 1. The van der Waals surface area contributed by atoms with Gasteiger partial charge < -0.3 is 20.8 Å². The van der Waals surface area contributed by atoms with Crippen LogP contribution in [0.25, 0.3) is 0 Å². The first-order valence-corrected chi connectivity index (χ1v) is 5.23. The van der Waals surface area contributed by atoms with Crippen LogP contribution in [0, 0.1) is 0 Å². The highest BCUT2D eigenvalue weighted by Crippen LogP contribution is 1.92. The van der Waals surface area contributed by atoms with Crippen molar-refractivity contribution in [3.05, 3.63) is 18.2 Å². The zero-order chi connectivity index (χ0) is 11.8. The molecule has 0 saturated carbocycles. The summed E-state index contributed by atoms with van der Waals surface area (Å²) in [4.78, 5) is 18.3. The average Bonchev–Trinajstić information content (AvgIpc) is 2.78. The lowest BCUT2D eigenvalue weighted by atomic mass is 10.2. The molecule has 1 unspecified atom stereocenters. The van der Waals surface area contributed by atoms with Gasteiger partial charge in [0.2, 0.25) is 5.91 Å². The number of aromatic nitrogens is 2. The number of aromatic amines is 1. The molecule has 0 aliphatic heterocycles. The summed E-state index contributed by atoms with van der Waals surface area (Å²) in [7, 11) is 1.59. The molecule has 0 aromatic carbocycles. The number of nitrogens with two attached hydrogens (primary N) is 1. The molecule has 0 aliphatic rings. The van der Waals surface area contributed by atoms with Crippen molar-refractivity contribution in [1.29, 1.82) is 0 Å². The number of nitrogens with zero attached hydrogens (tertiary/aromatic N) is 1. The fourth-order valence-corrected chi connectivity index (χ4v) is 1.25. The zero-order valence-corrected chi connectivity index (χ0v) is 9.40. The van der Waals surface area contributed by atoms with E-state index >= 15 is 0 Å². The first-order valence-electron chi connectivity index (χ1n) is 5.23. The third-order valence-electron chi connectivity index (χ3n) is 2.22. The van der Waals surface area contributed by atoms with Crippen molar-refractivity contribution >= 4 is 5.91 Å². The third-order valence-corrected chi connectivity index (χ3v) is 2.22. The van der Waals surface area contributed by atoms with Crippen LogP contribution < -0.4 is 11.1 Å². The van der Waals surface area contributed by atoms with Crippen molar-refractivity contribution in [2.24, 2.45) is 5.73 Å². The molecule has 16 heavy (non-hydrogen) atoms. The van der Waals surface area contributed by atoms with Gasteiger partial charge in [-0.25, -0.2) is 4.98 Å². The summed E-state index contributed by atoms with van der Waals surface area (Å²) in [6.07, 6.45) is 4.60. The normalized spacial score (nSPS) is 12.4. The largest absolute Gasteiger partial charge is 0.385 e. The zero-order valence-electron chi connectivity index (χ0n) is 9.40. The summed E-state index contributed by atoms with van der Waals surface area (Å²) in [5, 5.41) is 2.76. The molecule has 1 aromatic heterocycles. The summed E-state index contributed by atoms with van der Waals surface area (Å²) in [5.41, 5.74) is 6.64. The number of hydrogen-bond acceptors (Lipinski definition) is 4. The predicted octanol–water partition coefficient (Wildman–Crippen LogP) is -0.568. The number of ether oxygens (including phenoxy) is 1. The molecule has 6 heteroatoms. The fraction of sp³-hybridized carbons (Fsp3) is 0.600. The first kappa shape index (κ1) is 12.7. The minimum atomic E-state index is -0.498. The van der Waals surface area contributed by atoms with Gasteiger partial charge in [-0.3, -0.25) is 4.79 Å². The van der Waals surface area contributed by atoms with E-state index in [1.54, 1.807) is 19.6 Å². The van der Waals surface area contributed by atoms with Crippen LogP contribution in [0.2, 0.25) is 0 Å². The molecule has 6 nitrogen and oxygen atoms in total. The van der Waals surface area contributed by atoms with E-state index in [1.165, 1.54) is 0 Å². The second kappa shape index (κ2) is 6.97. The highest BCUT2D eigenvalue weighted by molar-refractivity contribution is 5.81. The van der Waals surface area contributed by atoms with Crippen LogP contribution in [0.5, 0.6) is 0 Å². The van der Waals surface area contributed by atoms with Gasteiger partial charge in [-0.05, 0) is 6.42 Å². The van der Waals surface area contributed by atoms with Crippen molar-refractivity contribution in [2.75, 3.05) is 20.3 Å². The van der Waals surface area contributed by atoms with Gasteiger partial charge in [0, 0.05) is 38.6 Å². The number of hydrogen-bond donors (Lipinski definition) is 3. The lowest BCUT2D eigenvalue weighted by Gasteiger charge is -2.11. The van der Waals surface area contributed by atoms with Gasteiger partial charge in [-0.2, -0.15) is 0 Å². The Balaban J connectivity index is 2.14. The molecule has 4 N–H and O–H groups in total. The van der Waals surface area contributed by atoms with E-state index in [0.29, 0.717) is 19.6 Å². The van der Waals surface area contributed by atoms with Crippen molar-refractivity contribution in [2.45, 2.75) is 18.9 Å². The molecular weight excluding hydrogens is 208 g/mol. The second-order valence-electron chi connectivity index (χ2n) is 3.51. The average molecular weight is 226 g/mol. The first-order chi connectivity index (χ1) is 7.74. The number of rotatable bonds is 7. The monoisotopic (exact) mass is 226 g/mol. The summed E-state index contributed by atoms with van der Waals surface area (Å²) in [6, 6.07) is -0.498. The molecule has 1 atom stereocenters. The van der Waals surface area contributed by atoms with Crippen molar-refractivity contribution in [1.82, 2.24) is 15.3 Å². The molecule has 90 valence electrons. The molecule has 0 radical (unpaired) electrons. The lowest BCUT2D eigenvalue weighted by molar-refractivity contribution is -0.122. The molecule has 1 rings (SSSR count). The van der Waals surface area contributed by atoms with Crippen LogP contribution in [0.15, 0.2) is 12.5 Å². The molecule has 1 aromatic rings. The van der Waals surface area contributed by atoms with Gasteiger partial charge in [0.1, 0.15) is 0 Å². The molecule has 0 saturated heterocycles. The Hall–Kier alpha value is -1.40. The lowest BCUT2D eigenvalue weighted by Crippen LogP contribution is -2.41. The Kier molecular flexibility index (Phi) is 5.52. The maximum atomic E-state index is 11.5. The van der Waals surface area contributed by atoms with E-state index in [1.807, 2.05) is 0 Å². The molecule has 0 aliphatic carbocycles. The number of carbonyl (C=O) groups excluding carboxylic acids is 1. The maximum Gasteiger partial charge on any atom is 0.237 e. The summed E-state index contributed by atoms with van der Waals surface area (Å²) in [5.74, 6) is -0.142. The number of carbonyl (C=O) groups is 1. The van der Waals surface area contributed by atoms with Crippen LogP contribution in [-0.4, -0.2) is 42.2 Å². The van der Waals surface area contributed by atoms with E-state index in [2.05, 4.69) is 15.3 Å². The summed E-state index contributed by atoms with van der Waals surface area (Å²) < 4.78 is 4.85. The van der Waals surface area contributed by atoms with E-state index in [-0.39, 0.29) is 5.91 Å². The molecule has 1 amide bonds. The van der Waals surface area contributed by atoms with Crippen molar-refractivity contribution in [3.8, 4) is 0 Å². The van der Waals surface area contributed by atoms with Crippen LogP contribution in [0.4, 0.5) is 0 Å². The fourth-order valence-electron chi connectivity index (χ4n) is 1.25. The van der Waals surface area contributed by atoms with E-state index < -0.39 is 6.04 Å². The smallest absolute Gasteiger partial charge is 0.237 e. The Morgan fingerprint density at radius 2 is 2.56 bits per heavy atom. The third kappa shape index (κ3) is 4.41. The maximum absolute atomic E-state index is 11.5. The minimum Gasteiger partial charge on any atom is -0.385 e. The predicted molar refractivity (Wildman–Crippen MR) is 59.8 cm³/mol. The Bertz CT molecular complexity index is 300. The second-order valence-corrected chi connectivity index (χ2v) is 3.51. The Labute approximate surface area is 94.6 Å². The van der Waals surface area contributed by atoms with Gasteiger partial charge in [0.15, 0.2) is 0 Å². The van der Waals surface area contributed by atoms with Gasteiger partial charge >= 0.3 is 0 Å². The minimum absolute atomic E-state index is 0.142. The van der Waals surface area contributed by atoms with Gasteiger partial charge in [-0.1, -0.05) is 0 Å². The van der Waals surface area contributed by atoms with Crippen LogP contribution in [-0.2, 0) is 16.0 Å². The van der Waals surface area contributed by atoms with Gasteiger partial charge in [0.05, 0.1) is 12.4 Å². The molecule has 0 fully saturated rings. The van der Waals surface area contributed by atoms with Crippen molar-refractivity contribution < 1.29 is 9.53 Å². The number of nitrogens with one attached hydrogen (secondary N) is 2. The summed E-state index contributed by atoms with van der Waals surface area (Å²) in [6.45, 7) is 1.05. The molecular formula is C10H18N4O2. The molecule has 0 bridgehead atoms. The number of amides is 1. The quantitative estimate of drug-likeness (QED) is 0.580.